The van der Waals surface area contributed by atoms with Crippen molar-refractivity contribution in [3.8, 4) is 0 Å². The van der Waals surface area contributed by atoms with Crippen LogP contribution >= 0.6 is 0 Å². The lowest BCUT2D eigenvalue weighted by Crippen LogP contribution is -2.44. The molecule has 3 atom stereocenters. The molecule has 0 amide bonds. The largest absolute Gasteiger partial charge is 0.396 e. The number of ether oxygens (including phenoxy) is 3. The van der Waals surface area contributed by atoms with Crippen LogP contribution in [0.15, 0.2) is 0 Å². The normalized spacial score (nSPS) is 18.6. The van der Waals surface area contributed by atoms with Gasteiger partial charge < -0.3 is 29.5 Å². The minimum atomic E-state index is -0.385. The summed E-state index contributed by atoms with van der Waals surface area (Å²) in [7, 11) is 0. The third kappa shape index (κ3) is 11.7. The quantitative estimate of drug-likeness (QED) is 0.324. The van der Waals surface area contributed by atoms with Gasteiger partial charge in [0.25, 0.3) is 0 Å². The maximum Gasteiger partial charge on any atom is 0.0674 e. The van der Waals surface area contributed by atoms with Gasteiger partial charge in [-0.2, -0.15) is 0 Å². The second-order valence-corrected chi connectivity index (χ2v) is 8.93. The van der Waals surface area contributed by atoms with Gasteiger partial charge in [0, 0.05) is 25.2 Å². The lowest BCUT2D eigenvalue weighted by atomic mass is 9.81. The average Bonchev–Trinajstić information content (AvgIpc) is 2.63. The number of hydrogen-bond donors (Lipinski definition) is 3. The Balaban J connectivity index is 5.35. The maximum atomic E-state index is 9.40. The van der Waals surface area contributed by atoms with E-state index in [1.54, 1.807) is 0 Å². The molecule has 0 aliphatic carbocycles. The second-order valence-electron chi connectivity index (χ2n) is 8.93. The van der Waals surface area contributed by atoms with Crippen molar-refractivity contribution in [2.75, 3.05) is 39.6 Å². The summed E-state index contributed by atoms with van der Waals surface area (Å²) in [6.07, 6.45) is 3.39. The Kier molecular flexibility index (Phi) is 14.6. The van der Waals surface area contributed by atoms with E-state index in [1.807, 2.05) is 20.8 Å². The fourth-order valence-electron chi connectivity index (χ4n) is 3.25. The first-order chi connectivity index (χ1) is 13.2. The summed E-state index contributed by atoms with van der Waals surface area (Å²) in [6, 6.07) is 0. The van der Waals surface area contributed by atoms with Gasteiger partial charge in [0.15, 0.2) is 0 Å². The lowest BCUT2D eigenvalue weighted by molar-refractivity contribution is -0.145. The zero-order valence-corrected chi connectivity index (χ0v) is 19.1. The molecule has 0 aliphatic heterocycles. The van der Waals surface area contributed by atoms with Gasteiger partial charge in [0.05, 0.1) is 37.6 Å². The molecule has 28 heavy (non-hydrogen) atoms. The van der Waals surface area contributed by atoms with Gasteiger partial charge >= 0.3 is 0 Å². The van der Waals surface area contributed by atoms with Crippen LogP contribution in [0.5, 0.6) is 0 Å². The average molecular weight is 407 g/mol. The molecular weight excluding hydrogens is 360 g/mol. The van der Waals surface area contributed by atoms with Crippen LogP contribution in [0, 0.1) is 11.3 Å². The van der Waals surface area contributed by atoms with Crippen molar-refractivity contribution in [1.82, 2.24) is 0 Å². The Bertz CT molecular complexity index is 360. The first-order valence-electron chi connectivity index (χ1n) is 10.9. The molecule has 0 heterocycles. The summed E-state index contributed by atoms with van der Waals surface area (Å²) in [6.45, 7) is 14.1. The monoisotopic (exact) mass is 406 g/mol. The van der Waals surface area contributed by atoms with E-state index >= 15 is 0 Å². The predicted octanol–water partition coefficient (Wildman–Crippen LogP) is 3.16. The zero-order chi connectivity index (χ0) is 21.6. The number of rotatable bonds is 18. The molecule has 3 N–H and O–H groups in total. The zero-order valence-electron chi connectivity index (χ0n) is 19.1. The summed E-state index contributed by atoms with van der Waals surface area (Å²) in [5, 5.41) is 27.7. The fourth-order valence-corrected chi connectivity index (χ4v) is 3.25. The van der Waals surface area contributed by atoms with Crippen molar-refractivity contribution in [1.29, 1.82) is 0 Å². The summed E-state index contributed by atoms with van der Waals surface area (Å²) in [4.78, 5) is 0. The van der Waals surface area contributed by atoms with Gasteiger partial charge in [-0.05, 0) is 58.8 Å². The van der Waals surface area contributed by atoms with Gasteiger partial charge in [0.1, 0.15) is 0 Å². The van der Waals surface area contributed by atoms with Gasteiger partial charge in [-0.25, -0.2) is 0 Å². The molecule has 0 aromatic rings. The Morgan fingerprint density at radius 3 is 1.64 bits per heavy atom. The molecule has 0 rings (SSSR count). The smallest absolute Gasteiger partial charge is 0.0674 e. The highest BCUT2D eigenvalue weighted by atomic mass is 16.5. The molecule has 0 aliphatic rings. The van der Waals surface area contributed by atoms with Crippen LogP contribution in [0.1, 0.15) is 73.6 Å². The van der Waals surface area contributed by atoms with Crippen LogP contribution in [-0.2, 0) is 14.2 Å². The van der Waals surface area contributed by atoms with Crippen molar-refractivity contribution < 1.29 is 29.5 Å². The fraction of sp³-hybridized carbons (Fsp3) is 1.00. The molecule has 0 saturated carbocycles. The first kappa shape index (κ1) is 27.8. The van der Waals surface area contributed by atoms with E-state index in [0.717, 1.165) is 12.8 Å². The van der Waals surface area contributed by atoms with E-state index in [9.17, 15) is 15.3 Å². The van der Waals surface area contributed by atoms with Crippen molar-refractivity contribution in [3.63, 3.8) is 0 Å². The molecule has 0 spiro atoms. The number of aliphatic hydroxyl groups excluding tert-OH is 3. The number of hydrogen-bond acceptors (Lipinski definition) is 6. The topological polar surface area (TPSA) is 88.4 Å². The van der Waals surface area contributed by atoms with Crippen LogP contribution in [-0.4, -0.2) is 72.8 Å². The molecule has 6 heteroatoms. The van der Waals surface area contributed by atoms with Crippen molar-refractivity contribution >= 4 is 0 Å². The van der Waals surface area contributed by atoms with Gasteiger partial charge in [-0.3, -0.25) is 0 Å². The molecule has 0 aromatic heterocycles. The van der Waals surface area contributed by atoms with E-state index in [1.165, 1.54) is 0 Å². The van der Waals surface area contributed by atoms with E-state index < -0.39 is 0 Å². The Hall–Kier alpha value is -0.240. The van der Waals surface area contributed by atoms with Gasteiger partial charge in [-0.1, -0.05) is 20.8 Å². The highest BCUT2D eigenvalue weighted by Gasteiger charge is 2.36. The molecule has 170 valence electrons. The van der Waals surface area contributed by atoms with Crippen LogP contribution in [0.3, 0.4) is 0 Å². The predicted molar refractivity (Wildman–Crippen MR) is 112 cm³/mol. The summed E-state index contributed by atoms with van der Waals surface area (Å²) in [5.41, 5.74) is -0.710. The van der Waals surface area contributed by atoms with Gasteiger partial charge in [-0.15, -0.1) is 0 Å². The SMILES string of the molecule is CCC(C)(CCO)OCC(COC(C)CCO)(COC(C)CCO)CC(C)C. The summed E-state index contributed by atoms with van der Waals surface area (Å²) >= 11 is 0. The third-order valence-electron chi connectivity index (χ3n) is 5.38. The molecule has 6 nitrogen and oxygen atoms in total. The molecule has 3 unspecified atom stereocenters. The molecule has 0 bridgehead atoms. The minimum Gasteiger partial charge on any atom is -0.396 e. The summed E-state index contributed by atoms with van der Waals surface area (Å²) < 4.78 is 18.5. The minimum absolute atomic E-state index is 0.0404. The Labute approximate surface area is 172 Å². The molecule has 0 radical (unpaired) electrons. The van der Waals surface area contributed by atoms with Crippen molar-refractivity contribution in [2.24, 2.45) is 11.3 Å². The van der Waals surface area contributed by atoms with Gasteiger partial charge in [0.2, 0.25) is 0 Å². The third-order valence-corrected chi connectivity index (χ3v) is 5.38. The Morgan fingerprint density at radius 2 is 1.29 bits per heavy atom. The highest BCUT2D eigenvalue weighted by molar-refractivity contribution is 4.84. The van der Waals surface area contributed by atoms with Crippen molar-refractivity contribution in [2.45, 2.75) is 91.5 Å². The van der Waals surface area contributed by atoms with Crippen LogP contribution in [0.2, 0.25) is 0 Å². The second kappa shape index (κ2) is 14.7. The molecule has 0 saturated heterocycles. The van der Waals surface area contributed by atoms with E-state index in [2.05, 4.69) is 20.8 Å². The highest BCUT2D eigenvalue weighted by Crippen LogP contribution is 2.33. The van der Waals surface area contributed by atoms with Crippen LogP contribution in [0.25, 0.3) is 0 Å². The van der Waals surface area contributed by atoms with Crippen LogP contribution < -0.4 is 0 Å². The first-order valence-corrected chi connectivity index (χ1v) is 10.9. The standard InChI is InChI=1S/C22H46O6/c1-7-21(6,10-13-25)28-17-22(14-18(2)3,15-26-19(4)8-11-23)16-27-20(5)9-12-24/h18-20,23-25H,7-17H2,1-6H3. The Morgan fingerprint density at radius 1 is 0.786 bits per heavy atom. The molecular formula is C22H46O6. The van der Waals surface area contributed by atoms with Crippen LogP contribution in [0.4, 0.5) is 0 Å². The maximum absolute atomic E-state index is 9.40. The number of aliphatic hydroxyl groups is 3. The van der Waals surface area contributed by atoms with E-state index in [4.69, 9.17) is 14.2 Å². The van der Waals surface area contributed by atoms with Crippen molar-refractivity contribution in [3.05, 3.63) is 0 Å². The lowest BCUT2D eigenvalue weighted by Gasteiger charge is -2.40. The van der Waals surface area contributed by atoms with E-state index in [-0.39, 0.29) is 43.0 Å². The summed E-state index contributed by atoms with van der Waals surface area (Å²) in [5.74, 6) is 0.433. The van der Waals surface area contributed by atoms with E-state index in [0.29, 0.717) is 45.0 Å². The molecule has 0 aromatic carbocycles. The molecule has 0 fully saturated rings.